The van der Waals surface area contributed by atoms with Crippen LogP contribution in [0.2, 0.25) is 0 Å². The first-order chi connectivity index (χ1) is 12.7. The molecule has 0 aliphatic carbocycles. The van der Waals surface area contributed by atoms with E-state index in [9.17, 15) is 4.79 Å². The zero-order valence-electron chi connectivity index (χ0n) is 14.4. The predicted molar refractivity (Wildman–Crippen MR) is 93.0 cm³/mol. The number of ether oxygens (including phenoxy) is 1. The molecule has 9 heteroatoms. The van der Waals surface area contributed by atoms with Gasteiger partial charge < -0.3 is 9.64 Å². The summed E-state index contributed by atoms with van der Waals surface area (Å²) in [6.45, 7) is 1.19. The molecule has 1 saturated heterocycles. The van der Waals surface area contributed by atoms with Gasteiger partial charge in [0.05, 0.1) is 30.7 Å². The van der Waals surface area contributed by atoms with Crippen molar-refractivity contribution in [2.75, 3.05) is 18.1 Å². The summed E-state index contributed by atoms with van der Waals surface area (Å²) in [5, 5.41) is 12.0. The zero-order chi connectivity index (χ0) is 17.9. The molecule has 0 saturated carbocycles. The van der Waals surface area contributed by atoms with Gasteiger partial charge in [-0.05, 0) is 18.9 Å². The maximum Gasteiger partial charge on any atom is 0.278 e. The second kappa shape index (κ2) is 7.04. The van der Waals surface area contributed by atoms with E-state index in [1.807, 2.05) is 19.3 Å². The Labute approximate surface area is 150 Å². The molecular formula is C17H19N7O2. The summed E-state index contributed by atoms with van der Waals surface area (Å²) < 4.78 is 9.12. The first kappa shape index (κ1) is 16.4. The van der Waals surface area contributed by atoms with Crippen LogP contribution in [0, 0.1) is 0 Å². The van der Waals surface area contributed by atoms with Crippen molar-refractivity contribution >= 4 is 11.6 Å². The number of anilines is 1. The largest absolute Gasteiger partial charge is 0.376 e. The number of hydrogen-bond acceptors (Lipinski definition) is 6. The number of hydrogen-bond donors (Lipinski definition) is 0. The molecular weight excluding hydrogens is 334 g/mol. The van der Waals surface area contributed by atoms with Crippen LogP contribution in [-0.4, -0.2) is 54.7 Å². The van der Waals surface area contributed by atoms with Gasteiger partial charge in [0.1, 0.15) is 12.0 Å². The van der Waals surface area contributed by atoms with Gasteiger partial charge in [0.2, 0.25) is 0 Å². The average molecular weight is 353 g/mol. The smallest absolute Gasteiger partial charge is 0.278 e. The highest BCUT2D eigenvalue weighted by molar-refractivity contribution is 6.04. The molecule has 3 aromatic heterocycles. The fourth-order valence-corrected chi connectivity index (χ4v) is 2.98. The van der Waals surface area contributed by atoms with Crippen molar-refractivity contribution in [2.45, 2.75) is 18.9 Å². The minimum atomic E-state index is -0.205. The van der Waals surface area contributed by atoms with Crippen molar-refractivity contribution in [1.29, 1.82) is 0 Å². The molecule has 4 rings (SSSR count). The number of nitrogens with zero attached hydrogens (tertiary/aromatic N) is 7. The van der Waals surface area contributed by atoms with Gasteiger partial charge in [0.25, 0.3) is 5.91 Å². The van der Waals surface area contributed by atoms with Gasteiger partial charge in [-0.25, -0.2) is 4.98 Å². The third-order valence-electron chi connectivity index (χ3n) is 4.30. The van der Waals surface area contributed by atoms with Gasteiger partial charge in [0.15, 0.2) is 5.82 Å². The van der Waals surface area contributed by atoms with Crippen LogP contribution in [0.25, 0.3) is 5.82 Å². The van der Waals surface area contributed by atoms with Gasteiger partial charge in [-0.2, -0.15) is 15.3 Å². The first-order valence-electron chi connectivity index (χ1n) is 8.45. The van der Waals surface area contributed by atoms with Crippen LogP contribution < -0.4 is 4.90 Å². The van der Waals surface area contributed by atoms with E-state index < -0.39 is 0 Å². The van der Waals surface area contributed by atoms with Crippen molar-refractivity contribution in [1.82, 2.24) is 29.5 Å². The molecule has 9 nitrogen and oxygen atoms in total. The Morgan fingerprint density at radius 1 is 1.38 bits per heavy atom. The van der Waals surface area contributed by atoms with E-state index in [2.05, 4.69) is 20.3 Å². The van der Waals surface area contributed by atoms with Crippen molar-refractivity contribution in [2.24, 2.45) is 7.05 Å². The Balaban J connectivity index is 1.60. The van der Waals surface area contributed by atoms with Crippen LogP contribution in [0.1, 0.15) is 23.3 Å². The third-order valence-corrected chi connectivity index (χ3v) is 4.30. The summed E-state index contributed by atoms with van der Waals surface area (Å²) in [7, 11) is 1.84. The van der Waals surface area contributed by atoms with Crippen LogP contribution in [0.3, 0.4) is 0 Å². The SMILES string of the molecule is Cn1ccc(-n2cnc(C(=O)N(CC3CCCO3)c3ccnnc3)c2)n1. The topological polar surface area (TPSA) is 91.0 Å². The monoisotopic (exact) mass is 353 g/mol. The van der Waals surface area contributed by atoms with E-state index >= 15 is 0 Å². The lowest BCUT2D eigenvalue weighted by Gasteiger charge is -2.24. The maximum atomic E-state index is 13.1. The zero-order valence-corrected chi connectivity index (χ0v) is 14.4. The number of aromatic nitrogens is 6. The molecule has 1 amide bonds. The molecule has 134 valence electrons. The van der Waals surface area contributed by atoms with Crippen molar-refractivity contribution in [3.8, 4) is 5.82 Å². The summed E-state index contributed by atoms with van der Waals surface area (Å²) in [6, 6.07) is 3.61. The van der Waals surface area contributed by atoms with Crippen LogP contribution in [0.4, 0.5) is 5.69 Å². The normalized spacial score (nSPS) is 16.7. The van der Waals surface area contributed by atoms with Gasteiger partial charge in [-0.1, -0.05) is 0 Å². The molecule has 0 bridgehead atoms. The van der Waals surface area contributed by atoms with E-state index in [-0.39, 0.29) is 12.0 Å². The highest BCUT2D eigenvalue weighted by atomic mass is 16.5. The van der Waals surface area contributed by atoms with E-state index in [4.69, 9.17) is 4.74 Å². The number of carbonyl (C=O) groups excluding carboxylic acids is 1. The minimum absolute atomic E-state index is 0.0185. The van der Waals surface area contributed by atoms with Gasteiger partial charge >= 0.3 is 0 Å². The van der Waals surface area contributed by atoms with Crippen molar-refractivity contribution < 1.29 is 9.53 Å². The second-order valence-corrected chi connectivity index (χ2v) is 6.17. The average Bonchev–Trinajstić information content (AvgIpc) is 3.41. The molecule has 0 radical (unpaired) electrons. The number of amides is 1. The second-order valence-electron chi connectivity index (χ2n) is 6.17. The Hall–Kier alpha value is -3.07. The van der Waals surface area contributed by atoms with E-state index in [0.717, 1.165) is 19.4 Å². The fraction of sp³-hybridized carbons (Fsp3) is 0.353. The number of rotatable bonds is 5. The van der Waals surface area contributed by atoms with Crippen LogP contribution >= 0.6 is 0 Å². The highest BCUT2D eigenvalue weighted by Gasteiger charge is 2.26. The third kappa shape index (κ3) is 3.33. The van der Waals surface area contributed by atoms with Gasteiger partial charge in [-0.15, -0.1) is 0 Å². The molecule has 1 unspecified atom stereocenters. The minimum Gasteiger partial charge on any atom is -0.376 e. The number of carbonyl (C=O) groups is 1. The Morgan fingerprint density at radius 2 is 2.31 bits per heavy atom. The molecule has 0 spiro atoms. The summed E-state index contributed by atoms with van der Waals surface area (Å²) in [5.74, 6) is 0.499. The van der Waals surface area contributed by atoms with Gasteiger partial charge in [0, 0.05) is 32.1 Å². The van der Waals surface area contributed by atoms with Crippen LogP contribution in [-0.2, 0) is 11.8 Å². The Bertz CT molecular complexity index is 883. The summed E-state index contributed by atoms with van der Waals surface area (Å²) in [5.41, 5.74) is 1.01. The number of imidazole rings is 1. The Morgan fingerprint density at radius 3 is 3.00 bits per heavy atom. The molecule has 1 fully saturated rings. The molecule has 3 aromatic rings. The van der Waals surface area contributed by atoms with E-state index in [1.54, 1.807) is 45.1 Å². The lowest BCUT2D eigenvalue weighted by molar-refractivity contribution is 0.0913. The van der Waals surface area contributed by atoms with Crippen LogP contribution in [0.15, 0.2) is 43.2 Å². The highest BCUT2D eigenvalue weighted by Crippen LogP contribution is 2.20. The Kier molecular flexibility index (Phi) is 4.44. The van der Waals surface area contributed by atoms with E-state index in [1.165, 1.54) is 0 Å². The summed E-state index contributed by atoms with van der Waals surface area (Å²) in [6.07, 6.45) is 10.2. The molecule has 0 N–H and O–H groups in total. The predicted octanol–water partition coefficient (Wildman–Crippen LogP) is 1.22. The van der Waals surface area contributed by atoms with E-state index in [0.29, 0.717) is 23.7 Å². The maximum absolute atomic E-state index is 13.1. The standard InChI is InChI=1S/C17H19N7O2/c1-22-7-5-16(21-22)23-11-15(18-12-23)17(25)24(10-14-3-2-8-26-14)13-4-6-19-20-9-13/h4-7,9,11-12,14H,2-3,8,10H2,1H3. The quantitative estimate of drug-likeness (QED) is 0.685. The lowest BCUT2D eigenvalue weighted by Crippen LogP contribution is -2.37. The molecule has 26 heavy (non-hydrogen) atoms. The number of aryl methyl sites for hydroxylation is 1. The van der Waals surface area contributed by atoms with Crippen molar-refractivity contribution in [3.63, 3.8) is 0 Å². The molecule has 1 aliphatic heterocycles. The van der Waals surface area contributed by atoms with Crippen LogP contribution in [0.5, 0.6) is 0 Å². The summed E-state index contributed by atoms with van der Waals surface area (Å²) >= 11 is 0. The summed E-state index contributed by atoms with van der Waals surface area (Å²) in [4.78, 5) is 19.0. The molecule has 0 aromatic carbocycles. The van der Waals surface area contributed by atoms with Crippen molar-refractivity contribution in [3.05, 3.63) is 48.9 Å². The molecule has 1 atom stereocenters. The molecule has 4 heterocycles. The molecule has 1 aliphatic rings. The lowest BCUT2D eigenvalue weighted by atomic mass is 10.2. The van der Waals surface area contributed by atoms with Gasteiger partial charge in [-0.3, -0.25) is 14.0 Å². The fourth-order valence-electron chi connectivity index (χ4n) is 2.98. The first-order valence-corrected chi connectivity index (χ1v) is 8.45.